The van der Waals surface area contributed by atoms with Gasteiger partial charge in [0.2, 0.25) is 0 Å². The highest BCUT2D eigenvalue weighted by Crippen LogP contribution is 2.28. The lowest BCUT2D eigenvalue weighted by atomic mass is 10.1. The van der Waals surface area contributed by atoms with E-state index in [4.69, 9.17) is 0 Å². The second-order valence-electron chi connectivity index (χ2n) is 5.13. The summed E-state index contributed by atoms with van der Waals surface area (Å²) in [4.78, 5) is 16.4. The maximum Gasteiger partial charge on any atom is 0.257 e. The van der Waals surface area contributed by atoms with Crippen LogP contribution in [0.15, 0.2) is 36.4 Å². The van der Waals surface area contributed by atoms with Crippen molar-refractivity contribution >= 4 is 43.4 Å². The minimum atomic E-state index is -1.00. The zero-order valence-electron chi connectivity index (χ0n) is 12.5. The molecule has 1 aromatic heterocycles. The number of benzene rings is 2. The maximum atomic E-state index is 13.2. The fraction of sp³-hybridized carbons (Fsp3) is 0.125. The summed E-state index contributed by atoms with van der Waals surface area (Å²) < 4.78 is 38.2. The summed E-state index contributed by atoms with van der Waals surface area (Å²) in [6.45, 7) is 0. The Hall–Kier alpha value is -2.19. The number of carbonyl (C=O) groups excluding carboxylic acids is 1. The van der Waals surface area contributed by atoms with Crippen LogP contribution in [0.3, 0.4) is 0 Å². The van der Waals surface area contributed by atoms with Gasteiger partial charge in [-0.15, -0.1) is 0 Å². The predicted molar refractivity (Wildman–Crippen MR) is 91.7 cm³/mol. The summed E-state index contributed by atoms with van der Waals surface area (Å²) >= 11 is 1.06. The summed E-state index contributed by atoms with van der Waals surface area (Å²) in [5.41, 5.74) is 1.47. The molecule has 0 aliphatic carbocycles. The first-order chi connectivity index (χ1) is 11.4. The lowest BCUT2D eigenvalue weighted by Gasteiger charge is -2.04. The SMILES string of the molecule is CS(=O)Cc1cccc(C(=O)Nc2nc3cc(F)c(F)cc3s2)c1. The summed E-state index contributed by atoms with van der Waals surface area (Å²) in [5.74, 6) is -1.96. The number of carbonyl (C=O) groups is 1. The van der Waals surface area contributed by atoms with Gasteiger partial charge in [0.25, 0.3) is 5.91 Å². The highest BCUT2D eigenvalue weighted by atomic mass is 32.2. The third kappa shape index (κ3) is 3.65. The van der Waals surface area contributed by atoms with Crippen LogP contribution in [0.4, 0.5) is 13.9 Å². The standard InChI is InChI=1S/C16H12F2N2O2S2/c1-24(22)8-9-3-2-4-10(5-9)15(21)20-16-19-13-6-11(17)12(18)7-14(13)23-16/h2-7H,8H2,1H3,(H,19,20,21). The van der Waals surface area contributed by atoms with E-state index in [0.29, 0.717) is 16.0 Å². The third-order valence-corrected chi connectivity index (χ3v) is 4.88. The van der Waals surface area contributed by atoms with Gasteiger partial charge in [-0.05, 0) is 23.8 Å². The molecule has 24 heavy (non-hydrogen) atoms. The largest absolute Gasteiger partial charge is 0.298 e. The number of thiazole rings is 1. The Kier molecular flexibility index (Phi) is 4.68. The van der Waals surface area contributed by atoms with Crippen molar-refractivity contribution in [3.8, 4) is 0 Å². The van der Waals surface area contributed by atoms with Crippen LogP contribution in [-0.4, -0.2) is 21.4 Å². The minimum Gasteiger partial charge on any atom is -0.298 e. The van der Waals surface area contributed by atoms with Crippen molar-refractivity contribution in [2.24, 2.45) is 0 Å². The minimum absolute atomic E-state index is 0.254. The van der Waals surface area contributed by atoms with E-state index in [1.807, 2.05) is 0 Å². The molecule has 3 rings (SSSR count). The van der Waals surface area contributed by atoms with Gasteiger partial charge >= 0.3 is 0 Å². The monoisotopic (exact) mass is 366 g/mol. The van der Waals surface area contributed by atoms with Crippen LogP contribution >= 0.6 is 11.3 Å². The molecule has 0 aliphatic heterocycles. The molecule has 1 N–H and O–H groups in total. The van der Waals surface area contributed by atoms with Gasteiger partial charge in [-0.1, -0.05) is 23.5 Å². The molecule has 0 aliphatic rings. The fourth-order valence-corrected chi connectivity index (χ4v) is 3.70. The third-order valence-electron chi connectivity index (χ3n) is 3.21. The van der Waals surface area contributed by atoms with Crippen molar-refractivity contribution in [1.29, 1.82) is 0 Å². The van der Waals surface area contributed by atoms with Crippen LogP contribution in [0.1, 0.15) is 15.9 Å². The van der Waals surface area contributed by atoms with Crippen molar-refractivity contribution in [3.63, 3.8) is 0 Å². The van der Waals surface area contributed by atoms with Gasteiger partial charge in [-0.2, -0.15) is 0 Å². The van der Waals surface area contributed by atoms with Crippen molar-refractivity contribution in [3.05, 3.63) is 59.2 Å². The van der Waals surface area contributed by atoms with Crippen molar-refractivity contribution < 1.29 is 17.8 Å². The van der Waals surface area contributed by atoms with Crippen LogP contribution in [0.5, 0.6) is 0 Å². The van der Waals surface area contributed by atoms with Crippen molar-refractivity contribution in [1.82, 2.24) is 4.98 Å². The summed E-state index contributed by atoms with van der Waals surface area (Å²) in [6.07, 6.45) is 1.59. The Morgan fingerprint density at radius 3 is 2.75 bits per heavy atom. The zero-order chi connectivity index (χ0) is 17.3. The Bertz CT molecular complexity index is 917. The second-order valence-corrected chi connectivity index (χ2v) is 7.59. The van der Waals surface area contributed by atoms with Crippen molar-refractivity contribution in [2.75, 3.05) is 11.6 Å². The van der Waals surface area contributed by atoms with E-state index >= 15 is 0 Å². The Balaban J connectivity index is 1.83. The molecule has 8 heteroatoms. The molecule has 1 unspecified atom stereocenters. The average Bonchev–Trinajstić information content (AvgIpc) is 2.88. The van der Waals surface area contributed by atoms with Gasteiger partial charge in [0, 0.05) is 34.4 Å². The summed E-state index contributed by atoms with van der Waals surface area (Å²) in [7, 11) is -1.00. The molecular formula is C16H12F2N2O2S2. The van der Waals surface area contributed by atoms with Crippen LogP contribution in [-0.2, 0) is 16.6 Å². The number of hydrogen-bond donors (Lipinski definition) is 1. The number of rotatable bonds is 4. The van der Waals surface area contributed by atoms with Gasteiger partial charge in [0.15, 0.2) is 16.8 Å². The first-order valence-electron chi connectivity index (χ1n) is 6.88. The van der Waals surface area contributed by atoms with E-state index in [2.05, 4.69) is 10.3 Å². The fourth-order valence-electron chi connectivity index (χ4n) is 2.18. The number of hydrogen-bond acceptors (Lipinski definition) is 4. The number of anilines is 1. The maximum absolute atomic E-state index is 13.2. The van der Waals surface area contributed by atoms with Crippen LogP contribution in [0, 0.1) is 11.6 Å². The van der Waals surface area contributed by atoms with E-state index in [9.17, 15) is 17.8 Å². The normalized spacial score (nSPS) is 12.3. The molecule has 1 heterocycles. The Morgan fingerprint density at radius 1 is 1.25 bits per heavy atom. The van der Waals surface area contributed by atoms with E-state index in [1.54, 1.807) is 30.5 Å². The van der Waals surface area contributed by atoms with Gasteiger partial charge in [-0.3, -0.25) is 14.3 Å². The predicted octanol–water partition coefficient (Wildman–Crippen LogP) is 3.71. The quantitative estimate of drug-likeness (QED) is 0.766. The van der Waals surface area contributed by atoms with Crippen LogP contribution in [0.25, 0.3) is 10.2 Å². The lowest BCUT2D eigenvalue weighted by molar-refractivity contribution is 0.102. The second kappa shape index (κ2) is 6.74. The number of nitrogens with zero attached hydrogens (tertiary/aromatic N) is 1. The average molecular weight is 366 g/mol. The lowest BCUT2D eigenvalue weighted by Crippen LogP contribution is -2.12. The highest BCUT2D eigenvalue weighted by Gasteiger charge is 2.13. The number of amides is 1. The molecule has 0 radical (unpaired) electrons. The van der Waals surface area contributed by atoms with Gasteiger partial charge in [0.05, 0.1) is 10.2 Å². The Labute approximate surface area is 143 Å². The molecule has 0 spiro atoms. The van der Waals surface area contributed by atoms with E-state index < -0.39 is 28.3 Å². The van der Waals surface area contributed by atoms with Gasteiger partial charge in [0.1, 0.15) is 0 Å². The molecule has 0 saturated carbocycles. The first kappa shape index (κ1) is 16.7. The molecule has 3 aromatic rings. The molecule has 0 fully saturated rings. The van der Waals surface area contributed by atoms with E-state index in [1.165, 1.54) is 0 Å². The number of halogens is 2. The highest BCUT2D eigenvalue weighted by molar-refractivity contribution is 7.83. The van der Waals surface area contributed by atoms with Crippen LogP contribution < -0.4 is 5.32 Å². The number of nitrogens with one attached hydrogen (secondary N) is 1. The topological polar surface area (TPSA) is 59.1 Å². The molecule has 4 nitrogen and oxygen atoms in total. The number of aromatic nitrogens is 1. The summed E-state index contributed by atoms with van der Waals surface area (Å²) in [5, 5.41) is 2.87. The smallest absolute Gasteiger partial charge is 0.257 e. The molecule has 0 bridgehead atoms. The van der Waals surface area contributed by atoms with Gasteiger partial charge in [-0.25, -0.2) is 13.8 Å². The van der Waals surface area contributed by atoms with Crippen LogP contribution in [0.2, 0.25) is 0 Å². The summed E-state index contributed by atoms with van der Waals surface area (Å²) in [6, 6.07) is 8.83. The molecule has 2 aromatic carbocycles. The molecule has 0 saturated heterocycles. The molecule has 1 atom stereocenters. The van der Waals surface area contributed by atoms with E-state index in [-0.39, 0.29) is 10.6 Å². The van der Waals surface area contributed by atoms with Crippen molar-refractivity contribution in [2.45, 2.75) is 5.75 Å². The molecule has 124 valence electrons. The number of fused-ring (bicyclic) bond motifs is 1. The van der Waals surface area contributed by atoms with E-state index in [0.717, 1.165) is 29.0 Å². The molecule has 1 amide bonds. The Morgan fingerprint density at radius 2 is 2.00 bits per heavy atom. The first-order valence-corrected chi connectivity index (χ1v) is 9.42. The molecular weight excluding hydrogens is 354 g/mol. The van der Waals surface area contributed by atoms with Gasteiger partial charge < -0.3 is 0 Å². The zero-order valence-corrected chi connectivity index (χ0v) is 14.1.